The predicted octanol–water partition coefficient (Wildman–Crippen LogP) is 3.02. The Kier molecular flexibility index (Phi) is 4.69. The van der Waals surface area contributed by atoms with Crippen LogP contribution in [0.25, 0.3) is 10.7 Å². The molecular weight excluding hydrogens is 372 g/mol. The second-order valence-electron chi connectivity index (χ2n) is 6.17. The van der Waals surface area contributed by atoms with E-state index in [9.17, 15) is 4.79 Å². The van der Waals surface area contributed by atoms with E-state index < -0.39 is 0 Å². The summed E-state index contributed by atoms with van der Waals surface area (Å²) in [6.45, 7) is 3.93. The molecule has 4 heterocycles. The van der Waals surface area contributed by atoms with E-state index >= 15 is 0 Å². The molecule has 0 radical (unpaired) electrons. The number of pyridine rings is 1. The van der Waals surface area contributed by atoms with Crippen LogP contribution in [0.15, 0.2) is 35.5 Å². The van der Waals surface area contributed by atoms with Crippen LogP contribution in [0.1, 0.15) is 30.8 Å². The van der Waals surface area contributed by atoms with Crippen LogP contribution in [-0.2, 0) is 0 Å². The van der Waals surface area contributed by atoms with Gasteiger partial charge in [-0.05, 0) is 25.8 Å². The molecule has 1 fully saturated rings. The molecule has 3 aromatic heterocycles. The van der Waals surface area contributed by atoms with Crippen molar-refractivity contribution in [1.82, 2.24) is 24.7 Å². The Hall–Kier alpha value is -2.32. The maximum Gasteiger partial charge on any atom is 0.252 e. The fraction of sp³-hybridized carbons (Fsp3) is 0.353. The van der Waals surface area contributed by atoms with Gasteiger partial charge in [0.1, 0.15) is 16.5 Å². The first-order valence-electron chi connectivity index (χ1n) is 8.40. The second-order valence-corrected chi connectivity index (χ2v) is 7.61. The molecule has 1 aliphatic heterocycles. The number of aromatic nitrogens is 5. The lowest BCUT2D eigenvalue weighted by Gasteiger charge is -2.15. The standard InChI is InChI=1S/C17H17ClN6OS/c1-11(24-7-4-12(18)8-15(24)25)16-21-22-17(26-16)13-9-19-10-14(20-13)23-5-2-3-6-23/h4,7-11H,2-3,5-6H2,1H3. The zero-order valence-electron chi connectivity index (χ0n) is 14.2. The van der Waals surface area contributed by atoms with Crippen LogP contribution in [0.2, 0.25) is 5.02 Å². The molecule has 1 unspecified atom stereocenters. The van der Waals surface area contributed by atoms with E-state index in [-0.39, 0.29) is 11.6 Å². The number of anilines is 1. The van der Waals surface area contributed by atoms with Gasteiger partial charge in [-0.1, -0.05) is 22.9 Å². The molecule has 0 saturated carbocycles. The van der Waals surface area contributed by atoms with Gasteiger partial charge in [-0.2, -0.15) is 0 Å². The summed E-state index contributed by atoms with van der Waals surface area (Å²) in [5.74, 6) is 0.874. The Balaban J connectivity index is 1.61. The molecule has 0 aromatic carbocycles. The molecule has 4 rings (SSSR count). The van der Waals surface area contributed by atoms with Gasteiger partial charge < -0.3 is 9.47 Å². The van der Waals surface area contributed by atoms with E-state index in [2.05, 4.69) is 25.1 Å². The quantitative estimate of drug-likeness (QED) is 0.683. The van der Waals surface area contributed by atoms with E-state index in [1.807, 2.05) is 6.92 Å². The highest BCUT2D eigenvalue weighted by Gasteiger charge is 2.18. The lowest BCUT2D eigenvalue weighted by molar-refractivity contribution is 0.605. The number of halogens is 1. The Morgan fingerprint density at radius 2 is 2.04 bits per heavy atom. The van der Waals surface area contributed by atoms with Crippen molar-refractivity contribution in [2.75, 3.05) is 18.0 Å². The minimum atomic E-state index is -0.235. The molecule has 0 spiro atoms. The van der Waals surface area contributed by atoms with Gasteiger partial charge in [0.15, 0.2) is 5.01 Å². The van der Waals surface area contributed by atoms with Gasteiger partial charge in [0.2, 0.25) is 0 Å². The highest BCUT2D eigenvalue weighted by molar-refractivity contribution is 7.14. The molecule has 1 atom stereocenters. The van der Waals surface area contributed by atoms with Crippen molar-refractivity contribution in [1.29, 1.82) is 0 Å². The Morgan fingerprint density at radius 1 is 1.23 bits per heavy atom. The minimum absolute atomic E-state index is 0.169. The summed E-state index contributed by atoms with van der Waals surface area (Å²) < 4.78 is 1.59. The molecule has 1 aliphatic rings. The molecule has 134 valence electrons. The van der Waals surface area contributed by atoms with Crippen LogP contribution in [0.4, 0.5) is 5.82 Å². The molecule has 0 amide bonds. The molecular formula is C17H17ClN6OS. The van der Waals surface area contributed by atoms with Gasteiger partial charge in [0.05, 0.1) is 18.4 Å². The van der Waals surface area contributed by atoms with Crippen LogP contribution >= 0.6 is 22.9 Å². The van der Waals surface area contributed by atoms with Gasteiger partial charge in [0.25, 0.3) is 5.56 Å². The van der Waals surface area contributed by atoms with Crippen molar-refractivity contribution >= 4 is 28.8 Å². The van der Waals surface area contributed by atoms with E-state index in [4.69, 9.17) is 11.6 Å². The average molecular weight is 389 g/mol. The third-order valence-corrected chi connectivity index (χ3v) is 5.75. The van der Waals surface area contributed by atoms with Gasteiger partial charge in [-0.3, -0.25) is 9.78 Å². The summed E-state index contributed by atoms with van der Waals surface area (Å²) in [4.78, 5) is 23.4. The van der Waals surface area contributed by atoms with E-state index in [1.54, 1.807) is 29.2 Å². The van der Waals surface area contributed by atoms with Crippen molar-refractivity contribution in [3.8, 4) is 10.7 Å². The van der Waals surface area contributed by atoms with Crippen molar-refractivity contribution < 1.29 is 0 Å². The first kappa shape index (κ1) is 17.1. The monoisotopic (exact) mass is 388 g/mol. The molecule has 9 heteroatoms. The van der Waals surface area contributed by atoms with Crippen molar-refractivity contribution in [2.24, 2.45) is 0 Å². The third-order valence-electron chi connectivity index (χ3n) is 4.40. The molecule has 26 heavy (non-hydrogen) atoms. The summed E-state index contributed by atoms with van der Waals surface area (Å²) in [6, 6.07) is 2.85. The van der Waals surface area contributed by atoms with Crippen LogP contribution in [0.5, 0.6) is 0 Å². The number of hydrogen-bond donors (Lipinski definition) is 0. The fourth-order valence-corrected chi connectivity index (χ4v) is 3.97. The first-order valence-corrected chi connectivity index (χ1v) is 9.60. The largest absolute Gasteiger partial charge is 0.355 e. The molecule has 7 nitrogen and oxygen atoms in total. The summed E-state index contributed by atoms with van der Waals surface area (Å²) >= 11 is 7.28. The highest BCUT2D eigenvalue weighted by Crippen LogP contribution is 2.28. The van der Waals surface area contributed by atoms with Gasteiger partial charge in [0, 0.05) is 30.4 Å². The molecule has 0 bridgehead atoms. The number of hydrogen-bond acceptors (Lipinski definition) is 7. The Labute approximate surface area is 159 Å². The lowest BCUT2D eigenvalue weighted by atomic mass is 10.3. The van der Waals surface area contributed by atoms with Crippen LogP contribution in [0, 0.1) is 0 Å². The third kappa shape index (κ3) is 3.34. The Morgan fingerprint density at radius 3 is 2.81 bits per heavy atom. The SMILES string of the molecule is CC(c1nnc(-c2cncc(N3CCCC3)n2)s1)n1ccc(Cl)cc1=O. The molecule has 0 aliphatic carbocycles. The zero-order chi connectivity index (χ0) is 18.1. The summed E-state index contributed by atoms with van der Waals surface area (Å²) in [7, 11) is 0. The van der Waals surface area contributed by atoms with Gasteiger partial charge >= 0.3 is 0 Å². The van der Waals surface area contributed by atoms with Crippen molar-refractivity contribution in [2.45, 2.75) is 25.8 Å². The Bertz CT molecular complexity index is 981. The van der Waals surface area contributed by atoms with Crippen LogP contribution in [-0.4, -0.2) is 37.8 Å². The number of nitrogens with zero attached hydrogens (tertiary/aromatic N) is 6. The summed E-state index contributed by atoms with van der Waals surface area (Å²) in [5.41, 5.74) is 0.534. The van der Waals surface area contributed by atoms with Crippen LogP contribution < -0.4 is 10.5 Å². The van der Waals surface area contributed by atoms with Gasteiger partial charge in [-0.15, -0.1) is 10.2 Å². The second kappa shape index (κ2) is 7.13. The van der Waals surface area contributed by atoms with E-state index in [0.717, 1.165) is 23.9 Å². The predicted molar refractivity (Wildman–Crippen MR) is 102 cm³/mol. The minimum Gasteiger partial charge on any atom is -0.355 e. The van der Waals surface area contributed by atoms with Gasteiger partial charge in [-0.25, -0.2) is 4.98 Å². The summed E-state index contributed by atoms with van der Waals surface area (Å²) in [6.07, 6.45) is 7.52. The molecule has 3 aromatic rings. The summed E-state index contributed by atoms with van der Waals surface area (Å²) in [5, 5.41) is 10.4. The van der Waals surface area contributed by atoms with E-state index in [1.165, 1.54) is 30.2 Å². The maximum absolute atomic E-state index is 12.1. The highest BCUT2D eigenvalue weighted by atomic mass is 35.5. The zero-order valence-corrected chi connectivity index (χ0v) is 15.7. The van der Waals surface area contributed by atoms with Crippen LogP contribution in [0.3, 0.4) is 0 Å². The van der Waals surface area contributed by atoms with Crippen molar-refractivity contribution in [3.05, 3.63) is 51.1 Å². The number of rotatable bonds is 4. The maximum atomic E-state index is 12.1. The topological polar surface area (TPSA) is 76.8 Å². The first-order chi connectivity index (χ1) is 12.6. The van der Waals surface area contributed by atoms with Crippen molar-refractivity contribution in [3.63, 3.8) is 0 Å². The fourth-order valence-electron chi connectivity index (χ4n) is 2.97. The smallest absolute Gasteiger partial charge is 0.252 e. The average Bonchev–Trinajstić information content (AvgIpc) is 3.33. The van der Waals surface area contributed by atoms with E-state index in [0.29, 0.717) is 15.7 Å². The molecule has 0 N–H and O–H groups in total. The lowest BCUT2D eigenvalue weighted by Crippen LogP contribution is -2.22. The normalized spacial score (nSPS) is 15.4. The molecule has 1 saturated heterocycles.